The third-order valence-corrected chi connectivity index (χ3v) is 5.09. The summed E-state index contributed by atoms with van der Waals surface area (Å²) in [6.45, 7) is 4.70. The highest BCUT2D eigenvalue weighted by molar-refractivity contribution is 5.96. The highest BCUT2D eigenvalue weighted by Crippen LogP contribution is 2.26. The van der Waals surface area contributed by atoms with Crippen LogP contribution in [0.5, 0.6) is 0 Å². The van der Waals surface area contributed by atoms with Crippen molar-refractivity contribution in [3.8, 4) is 0 Å². The molecule has 8 heteroatoms. The van der Waals surface area contributed by atoms with Crippen molar-refractivity contribution in [1.82, 2.24) is 9.80 Å². The van der Waals surface area contributed by atoms with E-state index in [4.69, 9.17) is 5.73 Å². The Morgan fingerprint density at radius 3 is 2.37 bits per heavy atom. The van der Waals surface area contributed by atoms with E-state index < -0.39 is 0 Å². The van der Waals surface area contributed by atoms with Gasteiger partial charge in [0, 0.05) is 44.8 Å². The standard InChI is InChI=1S/C19H28N4O2.2ClH/c20-9-3-8-18(24)22-13-11-21(12-14-22)15-19(25)23-10-4-6-16-5-1-2-7-17(16)23;;/h1-2,5,7H,3-4,6,8-15,20H2;2*1H. The Labute approximate surface area is 173 Å². The van der Waals surface area contributed by atoms with Crippen LogP contribution in [-0.2, 0) is 16.0 Å². The van der Waals surface area contributed by atoms with Gasteiger partial charge in [0.25, 0.3) is 0 Å². The van der Waals surface area contributed by atoms with Crippen LogP contribution in [0.25, 0.3) is 0 Å². The first-order valence-electron chi connectivity index (χ1n) is 9.27. The van der Waals surface area contributed by atoms with Gasteiger partial charge in [-0.25, -0.2) is 0 Å². The Kier molecular flexibility index (Phi) is 10.1. The smallest absolute Gasteiger partial charge is 0.241 e. The molecular weight excluding hydrogens is 387 g/mol. The number of piperazine rings is 1. The van der Waals surface area contributed by atoms with E-state index in [-0.39, 0.29) is 36.6 Å². The fourth-order valence-corrected chi connectivity index (χ4v) is 3.64. The fraction of sp³-hybridized carbons (Fsp3) is 0.579. The van der Waals surface area contributed by atoms with E-state index in [9.17, 15) is 9.59 Å². The number of carbonyl (C=O) groups excluding carboxylic acids is 2. The molecule has 6 nitrogen and oxygen atoms in total. The number of benzene rings is 1. The summed E-state index contributed by atoms with van der Waals surface area (Å²) in [6, 6.07) is 8.19. The van der Waals surface area contributed by atoms with Crippen LogP contribution in [0.3, 0.4) is 0 Å². The molecule has 0 aromatic heterocycles. The normalized spacial score (nSPS) is 16.8. The molecule has 2 aliphatic rings. The summed E-state index contributed by atoms with van der Waals surface area (Å²) in [6.07, 6.45) is 3.33. The van der Waals surface area contributed by atoms with E-state index in [2.05, 4.69) is 11.0 Å². The molecule has 0 bridgehead atoms. The second-order valence-corrected chi connectivity index (χ2v) is 6.83. The number of rotatable bonds is 5. The van der Waals surface area contributed by atoms with Crippen LogP contribution in [0.15, 0.2) is 24.3 Å². The largest absolute Gasteiger partial charge is 0.340 e. The average Bonchev–Trinajstić information content (AvgIpc) is 2.66. The maximum Gasteiger partial charge on any atom is 0.241 e. The van der Waals surface area contributed by atoms with Crippen LogP contribution in [0, 0.1) is 0 Å². The lowest BCUT2D eigenvalue weighted by Crippen LogP contribution is -2.52. The second-order valence-electron chi connectivity index (χ2n) is 6.83. The molecule has 2 aliphatic heterocycles. The Bertz CT molecular complexity index is 621. The van der Waals surface area contributed by atoms with Crippen molar-refractivity contribution in [2.45, 2.75) is 25.7 Å². The van der Waals surface area contributed by atoms with Gasteiger partial charge in [0.05, 0.1) is 6.54 Å². The van der Waals surface area contributed by atoms with Crippen LogP contribution in [0.1, 0.15) is 24.8 Å². The minimum atomic E-state index is 0. The van der Waals surface area contributed by atoms with E-state index in [0.717, 1.165) is 44.6 Å². The summed E-state index contributed by atoms with van der Waals surface area (Å²) in [7, 11) is 0. The van der Waals surface area contributed by atoms with Gasteiger partial charge >= 0.3 is 0 Å². The van der Waals surface area contributed by atoms with Crippen molar-refractivity contribution < 1.29 is 9.59 Å². The molecule has 2 N–H and O–H groups in total. The SMILES string of the molecule is Cl.Cl.NCCCC(=O)N1CCN(CC(=O)N2CCCc3ccccc32)CC1. The summed E-state index contributed by atoms with van der Waals surface area (Å²) in [5.41, 5.74) is 7.79. The highest BCUT2D eigenvalue weighted by atomic mass is 35.5. The lowest BCUT2D eigenvalue weighted by molar-refractivity contribution is -0.133. The third-order valence-electron chi connectivity index (χ3n) is 5.09. The molecule has 0 spiro atoms. The van der Waals surface area contributed by atoms with Crippen molar-refractivity contribution >= 4 is 42.3 Å². The van der Waals surface area contributed by atoms with Gasteiger partial charge in [-0.1, -0.05) is 18.2 Å². The molecule has 1 aromatic carbocycles. The number of nitrogens with two attached hydrogens (primary N) is 1. The number of nitrogens with zero attached hydrogens (tertiary/aromatic N) is 3. The Morgan fingerprint density at radius 1 is 0.963 bits per heavy atom. The zero-order chi connectivity index (χ0) is 17.6. The summed E-state index contributed by atoms with van der Waals surface area (Å²) < 4.78 is 0. The maximum absolute atomic E-state index is 12.8. The van der Waals surface area contributed by atoms with Crippen molar-refractivity contribution in [3.63, 3.8) is 0 Å². The van der Waals surface area contributed by atoms with Gasteiger partial charge in [0.2, 0.25) is 11.8 Å². The number of hydrogen-bond donors (Lipinski definition) is 1. The van der Waals surface area contributed by atoms with Crippen molar-refractivity contribution in [1.29, 1.82) is 0 Å². The minimum absolute atomic E-state index is 0. The predicted molar refractivity (Wildman–Crippen MR) is 113 cm³/mol. The number of aryl methyl sites for hydroxylation is 1. The Hall–Kier alpha value is -1.34. The number of fused-ring (bicyclic) bond motifs is 1. The van der Waals surface area contributed by atoms with Crippen molar-refractivity contribution in [3.05, 3.63) is 29.8 Å². The summed E-state index contributed by atoms with van der Waals surface area (Å²) in [5, 5.41) is 0. The molecule has 0 saturated carbocycles. The third kappa shape index (κ3) is 6.07. The summed E-state index contributed by atoms with van der Waals surface area (Å²) in [5.74, 6) is 0.344. The molecule has 2 amide bonds. The number of hydrogen-bond acceptors (Lipinski definition) is 4. The van der Waals surface area contributed by atoms with Crippen LogP contribution in [0.4, 0.5) is 5.69 Å². The lowest BCUT2D eigenvalue weighted by Gasteiger charge is -2.36. The molecule has 3 rings (SSSR count). The van der Waals surface area contributed by atoms with E-state index in [1.54, 1.807) is 0 Å². The number of para-hydroxylation sites is 1. The number of halogens is 2. The molecule has 0 aliphatic carbocycles. The van der Waals surface area contributed by atoms with Crippen molar-refractivity contribution in [2.24, 2.45) is 5.73 Å². The quantitative estimate of drug-likeness (QED) is 0.792. The van der Waals surface area contributed by atoms with Gasteiger partial charge in [-0.15, -0.1) is 24.8 Å². The van der Waals surface area contributed by atoms with Crippen molar-refractivity contribution in [2.75, 3.05) is 50.7 Å². The van der Waals surface area contributed by atoms with Gasteiger partial charge in [-0.2, -0.15) is 0 Å². The number of amides is 2. The molecule has 152 valence electrons. The van der Waals surface area contributed by atoms with Gasteiger partial charge < -0.3 is 15.5 Å². The maximum atomic E-state index is 12.8. The molecule has 1 saturated heterocycles. The average molecular weight is 417 g/mol. The first-order chi connectivity index (χ1) is 12.2. The van der Waals surface area contributed by atoms with Crippen LogP contribution in [0.2, 0.25) is 0 Å². The topological polar surface area (TPSA) is 69.9 Å². The molecule has 0 unspecified atom stereocenters. The molecule has 27 heavy (non-hydrogen) atoms. The molecule has 1 fully saturated rings. The van der Waals surface area contributed by atoms with Gasteiger partial charge in [-0.05, 0) is 37.4 Å². The molecule has 2 heterocycles. The lowest BCUT2D eigenvalue weighted by atomic mass is 10.0. The van der Waals surface area contributed by atoms with Gasteiger partial charge in [0.15, 0.2) is 0 Å². The molecule has 1 aromatic rings. The van der Waals surface area contributed by atoms with Crippen LogP contribution < -0.4 is 10.6 Å². The zero-order valence-corrected chi connectivity index (χ0v) is 17.3. The molecular formula is C19H30Cl2N4O2. The Morgan fingerprint density at radius 2 is 1.67 bits per heavy atom. The molecule has 0 radical (unpaired) electrons. The van der Waals surface area contributed by atoms with Crippen LogP contribution in [-0.4, -0.2) is 67.4 Å². The van der Waals surface area contributed by atoms with E-state index in [1.807, 2.05) is 28.0 Å². The monoisotopic (exact) mass is 416 g/mol. The number of anilines is 1. The zero-order valence-electron chi connectivity index (χ0n) is 15.6. The summed E-state index contributed by atoms with van der Waals surface area (Å²) in [4.78, 5) is 30.8. The van der Waals surface area contributed by atoms with Gasteiger partial charge in [-0.3, -0.25) is 14.5 Å². The first-order valence-corrected chi connectivity index (χ1v) is 9.27. The van der Waals surface area contributed by atoms with E-state index >= 15 is 0 Å². The fourth-order valence-electron chi connectivity index (χ4n) is 3.64. The number of carbonyl (C=O) groups is 2. The summed E-state index contributed by atoms with van der Waals surface area (Å²) >= 11 is 0. The predicted octanol–water partition coefficient (Wildman–Crippen LogP) is 1.69. The van der Waals surface area contributed by atoms with E-state index in [1.165, 1.54) is 5.56 Å². The minimum Gasteiger partial charge on any atom is -0.340 e. The highest BCUT2D eigenvalue weighted by Gasteiger charge is 2.26. The first kappa shape index (κ1) is 23.7. The Balaban J connectivity index is 0.00000182. The van der Waals surface area contributed by atoms with Crippen LogP contribution >= 0.6 is 24.8 Å². The molecule has 0 atom stereocenters. The van der Waals surface area contributed by atoms with Gasteiger partial charge in [0.1, 0.15) is 0 Å². The van der Waals surface area contributed by atoms with E-state index in [0.29, 0.717) is 32.6 Å². The second kappa shape index (κ2) is 11.5.